The number of pyridine rings is 1. The molecular formula is C14H13F2N3OS. The van der Waals surface area contributed by atoms with Gasteiger partial charge >= 0.3 is 0 Å². The van der Waals surface area contributed by atoms with Gasteiger partial charge in [0, 0.05) is 22.5 Å². The van der Waals surface area contributed by atoms with Crippen molar-refractivity contribution in [2.75, 3.05) is 11.1 Å². The van der Waals surface area contributed by atoms with Gasteiger partial charge in [0.05, 0.1) is 11.3 Å². The second-order valence-electron chi connectivity index (χ2n) is 4.24. The number of nitrogen functional groups attached to an aromatic ring is 1. The number of alkyl halides is 2. The summed E-state index contributed by atoms with van der Waals surface area (Å²) in [5.41, 5.74) is 7.27. The van der Waals surface area contributed by atoms with Crippen molar-refractivity contribution in [1.29, 1.82) is 0 Å². The summed E-state index contributed by atoms with van der Waals surface area (Å²) in [5, 5.41) is 2.58. The van der Waals surface area contributed by atoms with Gasteiger partial charge in [0.1, 0.15) is 0 Å². The first kappa shape index (κ1) is 15.2. The van der Waals surface area contributed by atoms with E-state index in [0.717, 1.165) is 0 Å². The smallest absolute Gasteiger partial charge is 0.288 e. The second-order valence-corrected chi connectivity index (χ2v) is 5.27. The highest BCUT2D eigenvalue weighted by Crippen LogP contribution is 2.32. The number of carbonyl (C=O) groups excluding carboxylic acids is 1. The maximum absolute atomic E-state index is 12.5. The molecule has 1 amide bonds. The van der Waals surface area contributed by atoms with E-state index in [4.69, 9.17) is 5.73 Å². The van der Waals surface area contributed by atoms with Gasteiger partial charge in [-0.25, -0.2) is 0 Å². The van der Waals surface area contributed by atoms with E-state index >= 15 is 0 Å². The first-order chi connectivity index (χ1) is 9.97. The Morgan fingerprint density at radius 3 is 2.76 bits per heavy atom. The Labute approximate surface area is 124 Å². The monoisotopic (exact) mass is 309 g/mol. The van der Waals surface area contributed by atoms with Gasteiger partial charge in [-0.15, -0.1) is 0 Å². The molecule has 110 valence electrons. The molecule has 1 aromatic carbocycles. The summed E-state index contributed by atoms with van der Waals surface area (Å²) in [6.07, 6.45) is 1.36. The summed E-state index contributed by atoms with van der Waals surface area (Å²) < 4.78 is 25.0. The number of hydrogen-bond acceptors (Lipinski definition) is 4. The topological polar surface area (TPSA) is 68.0 Å². The van der Waals surface area contributed by atoms with Crippen LogP contribution in [0.15, 0.2) is 41.4 Å². The van der Waals surface area contributed by atoms with Gasteiger partial charge < -0.3 is 11.1 Å². The highest BCUT2D eigenvalue weighted by atomic mass is 32.2. The number of nitrogens with zero attached hydrogens (tertiary/aromatic N) is 1. The number of para-hydroxylation sites is 1. The average Bonchev–Trinajstić information content (AvgIpc) is 2.40. The van der Waals surface area contributed by atoms with Crippen LogP contribution in [0, 0.1) is 6.92 Å². The molecule has 0 fully saturated rings. The molecule has 0 aliphatic rings. The molecule has 21 heavy (non-hydrogen) atoms. The number of nitrogens with one attached hydrogen (secondary N) is 1. The predicted octanol–water partition coefficient (Wildman–Crippen LogP) is 3.54. The summed E-state index contributed by atoms with van der Waals surface area (Å²) in [5.74, 6) is -3.04. The third kappa shape index (κ3) is 3.91. The normalized spacial score (nSPS) is 10.7. The van der Waals surface area contributed by atoms with Gasteiger partial charge in [-0.3, -0.25) is 9.78 Å². The largest absolute Gasteiger partial charge is 0.398 e. The number of thioether (sulfide) groups is 1. The number of amides is 1. The summed E-state index contributed by atoms with van der Waals surface area (Å²) in [6, 6.07) is 7.93. The Kier molecular flexibility index (Phi) is 4.74. The summed E-state index contributed by atoms with van der Waals surface area (Å²) >= 11 is 0.374. The maximum atomic E-state index is 12.5. The lowest BCUT2D eigenvalue weighted by molar-refractivity contribution is 0.102. The lowest BCUT2D eigenvalue weighted by atomic mass is 10.2. The Morgan fingerprint density at radius 1 is 1.38 bits per heavy atom. The molecule has 3 N–H and O–H groups in total. The van der Waals surface area contributed by atoms with Crippen LogP contribution in [0.3, 0.4) is 0 Å². The van der Waals surface area contributed by atoms with Crippen molar-refractivity contribution >= 4 is 29.0 Å². The fourth-order valence-electron chi connectivity index (χ4n) is 1.73. The molecule has 0 bridgehead atoms. The van der Waals surface area contributed by atoms with Crippen molar-refractivity contribution in [2.24, 2.45) is 0 Å². The van der Waals surface area contributed by atoms with Crippen molar-refractivity contribution < 1.29 is 13.6 Å². The minimum atomic E-state index is -2.56. The molecule has 1 heterocycles. The van der Waals surface area contributed by atoms with E-state index in [1.807, 2.05) is 0 Å². The molecule has 4 nitrogen and oxygen atoms in total. The van der Waals surface area contributed by atoms with Gasteiger partial charge in [-0.2, -0.15) is 8.78 Å². The lowest BCUT2D eigenvalue weighted by Crippen LogP contribution is -2.15. The van der Waals surface area contributed by atoms with Gasteiger partial charge in [0.2, 0.25) is 0 Å². The number of aromatic nitrogens is 1. The minimum Gasteiger partial charge on any atom is -0.398 e. The van der Waals surface area contributed by atoms with Gasteiger partial charge in [-0.1, -0.05) is 23.9 Å². The third-order valence-corrected chi connectivity index (χ3v) is 3.46. The Balaban J connectivity index is 2.23. The number of anilines is 2. The molecule has 0 spiro atoms. The van der Waals surface area contributed by atoms with Crippen LogP contribution in [0.5, 0.6) is 0 Å². The van der Waals surface area contributed by atoms with Crippen molar-refractivity contribution in [3.05, 3.63) is 47.8 Å². The zero-order valence-corrected chi connectivity index (χ0v) is 12.0. The van der Waals surface area contributed by atoms with Crippen molar-refractivity contribution in [1.82, 2.24) is 4.98 Å². The van der Waals surface area contributed by atoms with Crippen LogP contribution < -0.4 is 11.1 Å². The molecule has 0 radical (unpaired) electrons. The molecular weight excluding hydrogens is 296 g/mol. The molecule has 0 unspecified atom stereocenters. The van der Waals surface area contributed by atoms with E-state index in [1.54, 1.807) is 31.2 Å². The quantitative estimate of drug-likeness (QED) is 0.848. The second kappa shape index (κ2) is 6.53. The molecule has 1 aromatic heterocycles. The van der Waals surface area contributed by atoms with Crippen LogP contribution in [0.25, 0.3) is 0 Å². The average molecular weight is 309 g/mol. The molecule has 0 saturated carbocycles. The minimum absolute atomic E-state index is 0.206. The number of rotatable bonds is 4. The lowest BCUT2D eigenvalue weighted by Gasteiger charge is -2.11. The molecule has 0 aliphatic heterocycles. The van der Waals surface area contributed by atoms with Crippen molar-refractivity contribution in [3.8, 4) is 0 Å². The van der Waals surface area contributed by atoms with Crippen LogP contribution >= 0.6 is 11.8 Å². The zero-order chi connectivity index (χ0) is 15.4. The Hall–Kier alpha value is -2.15. The first-order valence-corrected chi connectivity index (χ1v) is 6.92. The number of halogens is 2. The van der Waals surface area contributed by atoms with E-state index in [2.05, 4.69) is 10.3 Å². The van der Waals surface area contributed by atoms with Crippen molar-refractivity contribution in [3.63, 3.8) is 0 Å². The summed E-state index contributed by atoms with van der Waals surface area (Å²) in [4.78, 5) is 16.5. The first-order valence-electron chi connectivity index (χ1n) is 6.04. The molecule has 0 aliphatic carbocycles. The highest BCUT2D eigenvalue weighted by Gasteiger charge is 2.14. The van der Waals surface area contributed by atoms with Crippen LogP contribution in [-0.4, -0.2) is 16.6 Å². The number of carbonyl (C=O) groups is 1. The van der Waals surface area contributed by atoms with Crippen LogP contribution in [0.4, 0.5) is 20.2 Å². The van der Waals surface area contributed by atoms with Crippen LogP contribution in [0.1, 0.15) is 16.1 Å². The standard InChI is InChI=1S/C14H13F2N3OS/c1-8-6-10(17)9(7-18-8)13(20)19-11-4-2-3-5-12(11)21-14(15)16/h2-7,14H,1H3,(H2,17,18)(H,19,20). The van der Waals surface area contributed by atoms with Gasteiger partial charge in [0.25, 0.3) is 11.7 Å². The van der Waals surface area contributed by atoms with Crippen LogP contribution in [-0.2, 0) is 0 Å². The predicted molar refractivity (Wildman–Crippen MR) is 79.6 cm³/mol. The number of benzene rings is 1. The highest BCUT2D eigenvalue weighted by molar-refractivity contribution is 7.99. The van der Waals surface area contributed by atoms with Crippen molar-refractivity contribution in [2.45, 2.75) is 17.6 Å². The maximum Gasteiger partial charge on any atom is 0.288 e. The number of nitrogens with two attached hydrogens (primary N) is 1. The summed E-state index contributed by atoms with van der Waals surface area (Å²) in [6.45, 7) is 1.76. The SMILES string of the molecule is Cc1cc(N)c(C(=O)Nc2ccccc2SC(F)F)cn1. The molecule has 0 saturated heterocycles. The van der Waals surface area contributed by atoms with Gasteiger partial charge in [-0.05, 0) is 25.1 Å². The van der Waals surface area contributed by atoms with E-state index in [0.29, 0.717) is 33.7 Å². The fraction of sp³-hybridized carbons (Fsp3) is 0.143. The number of aryl methyl sites for hydroxylation is 1. The van der Waals surface area contributed by atoms with E-state index in [9.17, 15) is 13.6 Å². The zero-order valence-electron chi connectivity index (χ0n) is 11.1. The summed E-state index contributed by atoms with van der Waals surface area (Å²) in [7, 11) is 0. The Morgan fingerprint density at radius 2 is 2.10 bits per heavy atom. The molecule has 2 rings (SSSR count). The Bertz CT molecular complexity index is 664. The fourth-order valence-corrected chi connectivity index (χ4v) is 2.32. The number of hydrogen-bond donors (Lipinski definition) is 2. The molecule has 7 heteroatoms. The third-order valence-electron chi connectivity index (χ3n) is 2.67. The van der Waals surface area contributed by atoms with E-state index in [-0.39, 0.29) is 5.56 Å². The van der Waals surface area contributed by atoms with E-state index in [1.165, 1.54) is 12.3 Å². The van der Waals surface area contributed by atoms with Crippen LogP contribution in [0.2, 0.25) is 0 Å². The molecule has 2 aromatic rings. The van der Waals surface area contributed by atoms with E-state index < -0.39 is 11.7 Å². The molecule has 0 atom stereocenters. The van der Waals surface area contributed by atoms with Gasteiger partial charge in [0.15, 0.2) is 0 Å².